The molecule has 0 radical (unpaired) electrons. The number of benzene rings is 3. The SMILES string of the molecule is CCOC(=O)C1=C(C)N=c2s/c(=C/c3cccc(OC)c3OCc3ccc(Cl)cc3)c(=O)n2[C@H]1c1ccc([N+](=O)[O-])cc1. The molecule has 0 bridgehead atoms. The highest BCUT2D eigenvalue weighted by Crippen LogP contribution is 2.34. The quantitative estimate of drug-likeness (QED) is 0.148. The van der Waals surface area contributed by atoms with Crippen LogP contribution in [-0.2, 0) is 16.1 Å². The number of fused-ring (bicyclic) bond motifs is 1. The second-order valence-corrected chi connectivity index (χ2v) is 10.9. The molecule has 1 aromatic heterocycles. The number of halogens is 1. The first-order valence-corrected chi connectivity index (χ1v) is 14.4. The van der Waals surface area contributed by atoms with Gasteiger partial charge < -0.3 is 14.2 Å². The summed E-state index contributed by atoms with van der Waals surface area (Å²) < 4.78 is 18.8. The number of allylic oxidation sites excluding steroid dienone is 1. The summed E-state index contributed by atoms with van der Waals surface area (Å²) in [7, 11) is 1.53. The number of nitro benzene ring substituents is 1. The van der Waals surface area contributed by atoms with Gasteiger partial charge in [-0.05, 0) is 61.4 Å². The number of ether oxygens (including phenoxy) is 3. The van der Waals surface area contributed by atoms with Gasteiger partial charge >= 0.3 is 5.97 Å². The van der Waals surface area contributed by atoms with Crippen LogP contribution in [0.25, 0.3) is 6.08 Å². The van der Waals surface area contributed by atoms with E-state index in [0.29, 0.717) is 42.7 Å². The van der Waals surface area contributed by atoms with Gasteiger partial charge in [0.1, 0.15) is 6.61 Å². The number of thiazole rings is 1. The van der Waals surface area contributed by atoms with Crippen molar-refractivity contribution < 1.29 is 23.9 Å². The Balaban J connectivity index is 1.63. The Morgan fingerprint density at radius 2 is 1.86 bits per heavy atom. The van der Waals surface area contributed by atoms with Gasteiger partial charge in [-0.3, -0.25) is 19.5 Å². The average molecular weight is 620 g/mol. The molecule has 1 aliphatic rings. The Kier molecular flexibility index (Phi) is 8.74. The molecule has 0 N–H and O–H groups in total. The first kappa shape index (κ1) is 29.7. The number of hydrogen-bond acceptors (Lipinski definition) is 9. The molecule has 5 rings (SSSR count). The average Bonchev–Trinajstić information content (AvgIpc) is 3.30. The molecule has 0 amide bonds. The smallest absolute Gasteiger partial charge is 0.338 e. The molecule has 4 aromatic rings. The van der Waals surface area contributed by atoms with E-state index in [0.717, 1.165) is 16.9 Å². The van der Waals surface area contributed by atoms with Gasteiger partial charge in [-0.2, -0.15) is 0 Å². The van der Waals surface area contributed by atoms with Gasteiger partial charge in [-0.1, -0.05) is 47.2 Å². The zero-order valence-electron chi connectivity index (χ0n) is 23.4. The van der Waals surface area contributed by atoms with Gasteiger partial charge in [0, 0.05) is 22.7 Å². The van der Waals surface area contributed by atoms with Crippen LogP contribution in [0.2, 0.25) is 5.02 Å². The third-order valence-electron chi connectivity index (χ3n) is 6.75. The molecule has 1 aliphatic heterocycles. The molecule has 220 valence electrons. The Morgan fingerprint density at radius 1 is 1.14 bits per heavy atom. The standard InChI is InChI=1S/C31H26ClN3O7S/c1-4-41-30(37)26-18(2)33-31-34(27(26)20-10-14-23(15-11-20)35(38)39)29(36)25(43-31)16-21-6-5-7-24(40-3)28(21)42-17-19-8-12-22(32)13-9-19/h5-16,27H,4,17H2,1-3H3/b25-16+/t27-/m0/s1. The summed E-state index contributed by atoms with van der Waals surface area (Å²) in [6.45, 7) is 3.72. The number of hydrogen-bond donors (Lipinski definition) is 0. The van der Waals surface area contributed by atoms with Crippen molar-refractivity contribution in [3.8, 4) is 11.5 Å². The monoisotopic (exact) mass is 619 g/mol. The van der Waals surface area contributed by atoms with Gasteiger partial charge in [0.25, 0.3) is 11.2 Å². The van der Waals surface area contributed by atoms with Crippen molar-refractivity contribution in [2.24, 2.45) is 4.99 Å². The number of esters is 1. The Morgan fingerprint density at radius 3 is 2.51 bits per heavy atom. The van der Waals surface area contributed by atoms with E-state index in [4.69, 9.17) is 25.8 Å². The molecule has 0 fully saturated rings. The number of rotatable bonds is 9. The van der Waals surface area contributed by atoms with Gasteiger partial charge in [0.15, 0.2) is 16.3 Å². The largest absolute Gasteiger partial charge is 0.493 e. The van der Waals surface area contributed by atoms with Crippen molar-refractivity contribution in [2.45, 2.75) is 26.5 Å². The summed E-state index contributed by atoms with van der Waals surface area (Å²) in [5.74, 6) is 0.313. The number of nitro groups is 1. The topological polar surface area (TPSA) is 122 Å². The van der Waals surface area contributed by atoms with Crippen LogP contribution in [0.5, 0.6) is 11.5 Å². The minimum atomic E-state index is -0.899. The van der Waals surface area contributed by atoms with E-state index in [9.17, 15) is 19.7 Å². The van der Waals surface area contributed by atoms with E-state index >= 15 is 0 Å². The Hall–Kier alpha value is -4.74. The molecular formula is C31H26ClN3O7S. The van der Waals surface area contributed by atoms with Crippen LogP contribution in [0.4, 0.5) is 5.69 Å². The summed E-state index contributed by atoms with van der Waals surface area (Å²) in [5, 5.41) is 11.9. The maximum Gasteiger partial charge on any atom is 0.338 e. The van der Waals surface area contributed by atoms with Crippen molar-refractivity contribution in [1.29, 1.82) is 0 Å². The molecule has 2 heterocycles. The summed E-state index contributed by atoms with van der Waals surface area (Å²) in [6.07, 6.45) is 1.69. The fourth-order valence-electron chi connectivity index (χ4n) is 4.72. The van der Waals surface area contributed by atoms with Crippen molar-refractivity contribution in [3.05, 3.63) is 130 Å². The molecule has 0 saturated heterocycles. The zero-order valence-corrected chi connectivity index (χ0v) is 25.0. The van der Waals surface area contributed by atoms with Gasteiger partial charge in [0.2, 0.25) is 0 Å². The third-order valence-corrected chi connectivity index (χ3v) is 7.98. The van der Waals surface area contributed by atoms with Crippen molar-refractivity contribution in [3.63, 3.8) is 0 Å². The Labute approximate surface area is 254 Å². The molecule has 3 aromatic carbocycles. The predicted octanol–water partition coefficient (Wildman–Crippen LogP) is 4.95. The van der Waals surface area contributed by atoms with E-state index in [2.05, 4.69) is 4.99 Å². The summed E-state index contributed by atoms with van der Waals surface area (Å²) in [6, 6.07) is 17.5. The normalized spacial score (nSPS) is 14.6. The van der Waals surface area contributed by atoms with Crippen molar-refractivity contribution in [2.75, 3.05) is 13.7 Å². The molecule has 12 heteroatoms. The summed E-state index contributed by atoms with van der Waals surface area (Å²) >= 11 is 7.17. The highest BCUT2D eigenvalue weighted by atomic mass is 35.5. The van der Waals surface area contributed by atoms with Gasteiger partial charge in [0.05, 0.1) is 40.5 Å². The maximum absolute atomic E-state index is 14.0. The van der Waals surface area contributed by atoms with E-state index < -0.39 is 22.5 Å². The first-order chi connectivity index (χ1) is 20.7. The maximum atomic E-state index is 14.0. The molecule has 0 aliphatic carbocycles. The van der Waals surface area contributed by atoms with E-state index in [1.807, 2.05) is 12.1 Å². The first-order valence-electron chi connectivity index (χ1n) is 13.2. The van der Waals surface area contributed by atoms with Crippen LogP contribution >= 0.6 is 22.9 Å². The zero-order chi connectivity index (χ0) is 30.7. The Bertz CT molecular complexity index is 1910. The molecule has 43 heavy (non-hydrogen) atoms. The second kappa shape index (κ2) is 12.6. The minimum absolute atomic E-state index is 0.112. The van der Waals surface area contributed by atoms with Crippen LogP contribution in [0.3, 0.4) is 0 Å². The lowest BCUT2D eigenvalue weighted by Crippen LogP contribution is -2.39. The fraction of sp³-hybridized carbons (Fsp3) is 0.194. The molecule has 1 atom stereocenters. The highest BCUT2D eigenvalue weighted by molar-refractivity contribution is 7.07. The molecule has 10 nitrogen and oxygen atoms in total. The second-order valence-electron chi connectivity index (χ2n) is 9.44. The number of aromatic nitrogens is 1. The van der Waals surface area contributed by atoms with E-state index in [-0.39, 0.29) is 24.5 Å². The number of methoxy groups -OCH3 is 1. The van der Waals surface area contributed by atoms with E-state index in [1.54, 1.807) is 50.3 Å². The number of carbonyl (C=O) groups excluding carboxylic acids is 1. The summed E-state index contributed by atoms with van der Waals surface area (Å²) in [4.78, 5) is 42.8. The van der Waals surface area contributed by atoms with Crippen molar-refractivity contribution in [1.82, 2.24) is 4.57 Å². The predicted molar refractivity (Wildman–Crippen MR) is 162 cm³/mol. The van der Waals surface area contributed by atoms with Crippen molar-refractivity contribution >= 4 is 40.7 Å². The van der Waals surface area contributed by atoms with Crippen LogP contribution in [0.15, 0.2) is 87.8 Å². The van der Waals surface area contributed by atoms with Crippen LogP contribution in [-0.4, -0.2) is 29.2 Å². The molecule has 0 spiro atoms. The number of carbonyl (C=O) groups is 1. The van der Waals surface area contributed by atoms with Gasteiger partial charge in [-0.15, -0.1) is 0 Å². The number of para-hydroxylation sites is 1. The van der Waals surface area contributed by atoms with Crippen LogP contribution in [0, 0.1) is 10.1 Å². The number of nitrogens with zero attached hydrogens (tertiary/aromatic N) is 3. The third kappa shape index (κ3) is 6.08. The van der Waals surface area contributed by atoms with Crippen LogP contribution < -0.4 is 24.4 Å². The lowest BCUT2D eigenvalue weighted by Gasteiger charge is -2.24. The lowest BCUT2D eigenvalue weighted by atomic mass is 9.95. The highest BCUT2D eigenvalue weighted by Gasteiger charge is 2.33. The number of non-ortho nitro benzene ring substituents is 1. The molecule has 0 saturated carbocycles. The fourth-order valence-corrected chi connectivity index (χ4v) is 5.89. The summed E-state index contributed by atoms with van der Waals surface area (Å²) in [5.41, 5.74) is 2.07. The lowest BCUT2D eigenvalue weighted by molar-refractivity contribution is -0.384. The van der Waals surface area contributed by atoms with Crippen LogP contribution in [0.1, 0.15) is 36.6 Å². The minimum Gasteiger partial charge on any atom is -0.493 e. The van der Waals surface area contributed by atoms with E-state index in [1.165, 1.54) is 35.9 Å². The van der Waals surface area contributed by atoms with Gasteiger partial charge in [-0.25, -0.2) is 9.79 Å². The molecular weight excluding hydrogens is 594 g/mol. The molecule has 0 unspecified atom stereocenters.